The van der Waals surface area contributed by atoms with Gasteiger partial charge in [0.05, 0.1) is 13.2 Å². The number of benzene rings is 1. The molecule has 0 unspecified atom stereocenters. The summed E-state index contributed by atoms with van der Waals surface area (Å²) in [5, 5.41) is 9.42. The first kappa shape index (κ1) is 21.6. The van der Waals surface area contributed by atoms with Crippen LogP contribution in [0.5, 0.6) is 5.75 Å². The summed E-state index contributed by atoms with van der Waals surface area (Å²) in [5.41, 5.74) is 0.720. The van der Waals surface area contributed by atoms with E-state index >= 15 is 0 Å². The van der Waals surface area contributed by atoms with E-state index in [1.54, 1.807) is 11.8 Å². The van der Waals surface area contributed by atoms with E-state index in [-0.39, 0.29) is 24.4 Å². The number of aryl methyl sites for hydroxylation is 1. The highest BCUT2D eigenvalue weighted by Gasteiger charge is 2.27. The van der Waals surface area contributed by atoms with Gasteiger partial charge in [0.1, 0.15) is 5.75 Å². The zero-order valence-corrected chi connectivity index (χ0v) is 17.5. The number of carbonyl (C=O) groups excluding carboxylic acids is 2. The molecular weight excluding hydrogens is 386 g/mol. The summed E-state index contributed by atoms with van der Waals surface area (Å²) in [5.74, 6) is 1.54. The van der Waals surface area contributed by atoms with Gasteiger partial charge in [-0.2, -0.15) is 4.98 Å². The van der Waals surface area contributed by atoms with Crippen LogP contribution in [0.25, 0.3) is 0 Å². The van der Waals surface area contributed by atoms with Crippen LogP contribution < -0.4 is 15.4 Å². The zero-order chi connectivity index (χ0) is 21.3. The highest BCUT2D eigenvalue weighted by atomic mass is 16.5. The number of aromatic nitrogens is 2. The topological polar surface area (TPSA) is 110 Å². The summed E-state index contributed by atoms with van der Waals surface area (Å²) in [4.78, 5) is 30.6. The molecular formula is C21H29N5O4. The molecule has 0 bridgehead atoms. The van der Waals surface area contributed by atoms with E-state index in [0.29, 0.717) is 44.3 Å². The third-order valence-electron chi connectivity index (χ3n) is 5.01. The molecule has 9 nitrogen and oxygen atoms in total. The van der Waals surface area contributed by atoms with Gasteiger partial charge in [0, 0.05) is 24.7 Å². The summed E-state index contributed by atoms with van der Waals surface area (Å²) in [6.45, 7) is 5.82. The van der Waals surface area contributed by atoms with Gasteiger partial charge in [-0.3, -0.25) is 4.79 Å². The molecule has 162 valence electrons. The van der Waals surface area contributed by atoms with Crippen molar-refractivity contribution in [3.63, 3.8) is 0 Å². The maximum absolute atomic E-state index is 12.5. The predicted octanol–water partition coefficient (Wildman–Crippen LogP) is 3.12. The number of urea groups is 1. The molecule has 1 fully saturated rings. The molecule has 2 aromatic rings. The van der Waals surface area contributed by atoms with Gasteiger partial charge < -0.3 is 24.8 Å². The van der Waals surface area contributed by atoms with E-state index in [1.165, 1.54) is 0 Å². The molecule has 0 saturated carbocycles. The first-order valence-electron chi connectivity index (χ1n) is 10.4. The number of anilines is 1. The van der Waals surface area contributed by atoms with Crippen LogP contribution in [0.3, 0.4) is 0 Å². The van der Waals surface area contributed by atoms with Gasteiger partial charge in [-0.1, -0.05) is 18.5 Å². The second-order valence-electron chi connectivity index (χ2n) is 7.37. The monoisotopic (exact) mass is 415 g/mol. The number of hydrogen-bond donors (Lipinski definition) is 2. The number of carbonyl (C=O) groups is 2. The fourth-order valence-electron chi connectivity index (χ4n) is 3.24. The van der Waals surface area contributed by atoms with Gasteiger partial charge >= 0.3 is 6.03 Å². The van der Waals surface area contributed by atoms with E-state index in [4.69, 9.17) is 9.26 Å². The van der Waals surface area contributed by atoms with E-state index in [9.17, 15) is 9.59 Å². The molecule has 1 aromatic carbocycles. The van der Waals surface area contributed by atoms with Gasteiger partial charge in [0.15, 0.2) is 5.82 Å². The summed E-state index contributed by atoms with van der Waals surface area (Å²) in [7, 11) is 0. The van der Waals surface area contributed by atoms with E-state index < -0.39 is 0 Å². The first-order chi connectivity index (χ1) is 14.5. The van der Waals surface area contributed by atoms with Crippen LogP contribution in [0.1, 0.15) is 44.3 Å². The molecule has 0 spiro atoms. The number of hydrogen-bond acceptors (Lipinski definition) is 6. The fraction of sp³-hybridized carbons (Fsp3) is 0.524. The minimum Gasteiger partial charge on any atom is -0.494 e. The fourth-order valence-corrected chi connectivity index (χ4v) is 3.24. The lowest BCUT2D eigenvalue weighted by atomic mass is 9.96. The van der Waals surface area contributed by atoms with Crippen molar-refractivity contribution in [3.05, 3.63) is 36.0 Å². The van der Waals surface area contributed by atoms with Crippen molar-refractivity contribution in [1.82, 2.24) is 20.4 Å². The van der Waals surface area contributed by atoms with Crippen LogP contribution in [0, 0.1) is 12.8 Å². The molecule has 1 saturated heterocycles. The van der Waals surface area contributed by atoms with Gasteiger partial charge in [0.2, 0.25) is 11.8 Å². The molecule has 2 heterocycles. The second-order valence-corrected chi connectivity index (χ2v) is 7.37. The number of amides is 3. The standard InChI is InChI=1S/C21H29N5O4/c1-3-4-13-29-18-7-5-17(6-8-18)24-21(28)26-11-9-16(10-12-26)20(27)22-14-19-23-15(2)25-30-19/h5-8,16H,3-4,9-14H2,1-2H3,(H,22,27)(H,24,28). The molecule has 1 aliphatic heterocycles. The van der Waals surface area contributed by atoms with E-state index in [0.717, 1.165) is 24.3 Å². The Kier molecular flexibility index (Phi) is 7.64. The first-order valence-corrected chi connectivity index (χ1v) is 10.4. The predicted molar refractivity (Wildman–Crippen MR) is 111 cm³/mol. The third kappa shape index (κ3) is 6.20. The summed E-state index contributed by atoms with van der Waals surface area (Å²) < 4.78 is 10.6. The molecule has 30 heavy (non-hydrogen) atoms. The molecule has 1 aromatic heterocycles. The van der Waals surface area contributed by atoms with E-state index in [1.807, 2.05) is 24.3 Å². The number of rotatable bonds is 8. The van der Waals surface area contributed by atoms with Crippen molar-refractivity contribution >= 4 is 17.6 Å². The Bertz CT molecular complexity index is 828. The lowest BCUT2D eigenvalue weighted by molar-refractivity contribution is -0.126. The highest BCUT2D eigenvalue weighted by molar-refractivity contribution is 5.89. The van der Waals surface area contributed by atoms with Crippen molar-refractivity contribution in [2.75, 3.05) is 25.0 Å². The summed E-state index contributed by atoms with van der Waals surface area (Å²) >= 11 is 0. The maximum atomic E-state index is 12.5. The lowest BCUT2D eigenvalue weighted by Crippen LogP contribution is -2.44. The van der Waals surface area contributed by atoms with Crippen molar-refractivity contribution in [1.29, 1.82) is 0 Å². The minimum absolute atomic E-state index is 0.0513. The minimum atomic E-state index is -0.158. The van der Waals surface area contributed by atoms with Crippen LogP contribution >= 0.6 is 0 Å². The molecule has 0 radical (unpaired) electrons. The Balaban J connectivity index is 1.39. The Morgan fingerprint density at radius 3 is 2.60 bits per heavy atom. The smallest absolute Gasteiger partial charge is 0.321 e. The van der Waals surface area contributed by atoms with Crippen molar-refractivity contribution in [2.24, 2.45) is 5.92 Å². The summed E-state index contributed by atoms with van der Waals surface area (Å²) in [6, 6.07) is 7.21. The molecule has 3 rings (SSSR count). The van der Waals surface area contributed by atoms with E-state index in [2.05, 4.69) is 27.7 Å². The number of nitrogens with zero attached hydrogens (tertiary/aromatic N) is 3. The molecule has 2 N–H and O–H groups in total. The quantitative estimate of drug-likeness (QED) is 0.641. The van der Waals surface area contributed by atoms with Gasteiger partial charge in [-0.25, -0.2) is 4.79 Å². The Hall–Kier alpha value is -3.10. The molecule has 0 atom stereocenters. The Morgan fingerprint density at radius 1 is 1.23 bits per heavy atom. The average molecular weight is 415 g/mol. The highest BCUT2D eigenvalue weighted by Crippen LogP contribution is 2.20. The number of ether oxygens (including phenoxy) is 1. The van der Waals surface area contributed by atoms with Crippen LogP contribution in [0.15, 0.2) is 28.8 Å². The molecule has 9 heteroatoms. The maximum Gasteiger partial charge on any atom is 0.321 e. The third-order valence-corrected chi connectivity index (χ3v) is 5.01. The number of nitrogens with one attached hydrogen (secondary N) is 2. The van der Waals surface area contributed by atoms with Crippen molar-refractivity contribution in [2.45, 2.75) is 46.1 Å². The lowest BCUT2D eigenvalue weighted by Gasteiger charge is -2.31. The molecule has 0 aliphatic carbocycles. The zero-order valence-electron chi connectivity index (χ0n) is 17.5. The van der Waals surface area contributed by atoms with Crippen LogP contribution in [0.2, 0.25) is 0 Å². The van der Waals surface area contributed by atoms with Gasteiger partial charge in [0.25, 0.3) is 0 Å². The van der Waals surface area contributed by atoms with Gasteiger partial charge in [-0.05, 0) is 50.5 Å². The molecule has 1 aliphatic rings. The summed E-state index contributed by atoms with van der Waals surface area (Å²) in [6.07, 6.45) is 3.34. The number of unbranched alkanes of at least 4 members (excludes halogenated alkanes) is 1. The Morgan fingerprint density at radius 2 is 1.97 bits per heavy atom. The largest absolute Gasteiger partial charge is 0.494 e. The second kappa shape index (κ2) is 10.6. The van der Waals surface area contributed by atoms with Crippen LogP contribution in [-0.2, 0) is 11.3 Å². The number of piperidine rings is 1. The number of likely N-dealkylation sites (tertiary alicyclic amines) is 1. The van der Waals surface area contributed by atoms with Crippen LogP contribution in [-0.4, -0.2) is 46.7 Å². The van der Waals surface area contributed by atoms with Crippen molar-refractivity contribution < 1.29 is 18.8 Å². The van der Waals surface area contributed by atoms with Crippen molar-refractivity contribution in [3.8, 4) is 5.75 Å². The van der Waals surface area contributed by atoms with Crippen LogP contribution in [0.4, 0.5) is 10.5 Å². The normalized spacial score (nSPS) is 14.4. The Labute approximate surface area is 176 Å². The molecule has 3 amide bonds. The SMILES string of the molecule is CCCCOc1ccc(NC(=O)N2CCC(C(=O)NCc3nc(C)no3)CC2)cc1. The average Bonchev–Trinajstić information content (AvgIpc) is 3.18. The van der Waals surface area contributed by atoms with Gasteiger partial charge in [-0.15, -0.1) is 0 Å².